The lowest BCUT2D eigenvalue weighted by molar-refractivity contribution is -0.146. The van der Waals surface area contributed by atoms with Crippen molar-refractivity contribution in [2.45, 2.75) is 46.2 Å². The van der Waals surface area contributed by atoms with Gasteiger partial charge in [-0.15, -0.1) is 0 Å². The molecule has 0 fully saturated rings. The molecule has 2 aromatic rings. The van der Waals surface area contributed by atoms with Crippen molar-refractivity contribution in [2.75, 3.05) is 6.54 Å². The number of Topliss-reactive ketones (excluding diaryl/α,β-unsaturated/α-hetero) is 1. The summed E-state index contributed by atoms with van der Waals surface area (Å²) in [5.74, 6) is -2.80. The van der Waals surface area contributed by atoms with Crippen LogP contribution in [0.3, 0.4) is 0 Å². The maximum absolute atomic E-state index is 12.6. The van der Waals surface area contributed by atoms with E-state index in [0.29, 0.717) is 12.1 Å². The number of rotatable bonds is 5. The number of hydrogen-bond donors (Lipinski definition) is 2. The van der Waals surface area contributed by atoms with Crippen molar-refractivity contribution in [3.8, 4) is 0 Å². The summed E-state index contributed by atoms with van der Waals surface area (Å²) in [5, 5.41) is 13.9. The molecule has 2 unspecified atom stereocenters. The molecule has 2 heterocycles. The van der Waals surface area contributed by atoms with E-state index in [9.17, 15) is 14.7 Å². The van der Waals surface area contributed by atoms with Crippen molar-refractivity contribution in [1.82, 2.24) is 9.88 Å². The topological polar surface area (TPSA) is 83.7 Å². The van der Waals surface area contributed by atoms with Crippen molar-refractivity contribution in [3.63, 3.8) is 0 Å². The summed E-state index contributed by atoms with van der Waals surface area (Å²) in [6, 6.07) is 8.25. The smallest absolute Gasteiger partial charge is 0.315 e. The molecule has 150 valence electrons. The molecular formula is C22H29N3O3. The zero-order chi connectivity index (χ0) is 20.6. The fourth-order valence-electron chi connectivity index (χ4n) is 3.75. The summed E-state index contributed by atoms with van der Waals surface area (Å²) < 4.78 is 2.17. The van der Waals surface area contributed by atoms with Gasteiger partial charge in [0.25, 0.3) is 0 Å². The number of aliphatic imine (C=N–C) groups is 1. The van der Waals surface area contributed by atoms with E-state index in [1.165, 1.54) is 5.69 Å². The number of nitrogens with one attached hydrogen (secondary N) is 1. The lowest BCUT2D eigenvalue weighted by atomic mass is 9.82. The molecule has 0 bridgehead atoms. The lowest BCUT2D eigenvalue weighted by Gasteiger charge is -2.25. The monoisotopic (exact) mass is 383 g/mol. The molecule has 0 saturated heterocycles. The summed E-state index contributed by atoms with van der Waals surface area (Å²) in [7, 11) is 2.05. The van der Waals surface area contributed by atoms with Gasteiger partial charge >= 0.3 is 5.97 Å². The lowest BCUT2D eigenvalue weighted by Crippen LogP contribution is -2.40. The Balaban J connectivity index is 1.96. The molecule has 0 amide bonds. The van der Waals surface area contributed by atoms with Gasteiger partial charge in [0.1, 0.15) is 5.92 Å². The summed E-state index contributed by atoms with van der Waals surface area (Å²) in [5.41, 5.74) is 3.95. The summed E-state index contributed by atoms with van der Waals surface area (Å²) in [6.07, 6.45) is 0.551. The van der Waals surface area contributed by atoms with Crippen LogP contribution in [0.15, 0.2) is 29.3 Å². The Hall–Kier alpha value is -2.47. The molecule has 1 aromatic heterocycles. The molecule has 28 heavy (non-hydrogen) atoms. The van der Waals surface area contributed by atoms with E-state index >= 15 is 0 Å². The molecule has 1 aliphatic heterocycles. The number of carbonyl (C=O) groups excluding carboxylic acids is 1. The molecular weight excluding hydrogens is 354 g/mol. The number of fused-ring (bicyclic) bond motifs is 1. The maximum Gasteiger partial charge on any atom is 0.315 e. The van der Waals surface area contributed by atoms with Gasteiger partial charge < -0.3 is 15.0 Å². The number of nitrogens with zero attached hydrogens (tertiary/aromatic N) is 2. The third kappa shape index (κ3) is 3.87. The predicted octanol–water partition coefficient (Wildman–Crippen LogP) is 3.17. The van der Waals surface area contributed by atoms with E-state index in [0.717, 1.165) is 23.0 Å². The first-order valence-corrected chi connectivity index (χ1v) is 9.77. The van der Waals surface area contributed by atoms with E-state index in [-0.39, 0.29) is 17.9 Å². The Morgan fingerprint density at radius 1 is 1.32 bits per heavy atom. The second-order valence-corrected chi connectivity index (χ2v) is 8.55. The number of hydrogen-bond acceptors (Lipinski definition) is 4. The van der Waals surface area contributed by atoms with E-state index in [2.05, 4.69) is 54.8 Å². The van der Waals surface area contributed by atoms with Gasteiger partial charge in [-0.05, 0) is 51.0 Å². The van der Waals surface area contributed by atoms with Crippen LogP contribution in [-0.4, -0.2) is 39.2 Å². The van der Waals surface area contributed by atoms with Gasteiger partial charge in [0.15, 0.2) is 5.78 Å². The number of aryl methyl sites for hydroxylation is 1. The Morgan fingerprint density at radius 3 is 2.64 bits per heavy atom. The number of aromatic nitrogens is 1. The van der Waals surface area contributed by atoms with Crippen LogP contribution in [0.25, 0.3) is 10.9 Å². The average Bonchev–Trinajstić information content (AvgIpc) is 2.94. The van der Waals surface area contributed by atoms with Gasteiger partial charge in [0, 0.05) is 35.7 Å². The average molecular weight is 383 g/mol. The van der Waals surface area contributed by atoms with Gasteiger partial charge in [-0.25, -0.2) is 0 Å². The highest BCUT2D eigenvalue weighted by atomic mass is 16.4. The van der Waals surface area contributed by atoms with Crippen LogP contribution < -0.4 is 5.32 Å². The van der Waals surface area contributed by atoms with Crippen molar-refractivity contribution < 1.29 is 14.7 Å². The number of ketones is 1. The maximum atomic E-state index is 12.6. The van der Waals surface area contributed by atoms with Gasteiger partial charge in [0.2, 0.25) is 0 Å². The number of carboxylic acid groups (broad SMARTS) is 1. The second kappa shape index (κ2) is 7.51. The fraction of sp³-hybridized carbons (Fsp3) is 0.500. The molecule has 1 aliphatic rings. The number of carboxylic acids is 1. The molecule has 0 spiro atoms. The van der Waals surface area contributed by atoms with Gasteiger partial charge in [-0.1, -0.05) is 13.0 Å². The standard InChI is InChI=1S/C22H29N3O3/c1-6-16-19(23-12-17(20(16)26)21(27)28)13-7-8-18-14(9-13)10-15(25(18)5)11-24-22(2,3)4/h7-10,16-17,24H,6,11-12H2,1-5H3,(H,27,28). The van der Waals surface area contributed by atoms with E-state index in [1.54, 1.807) is 0 Å². The minimum absolute atomic E-state index is 0.0214. The summed E-state index contributed by atoms with van der Waals surface area (Å²) in [4.78, 5) is 28.4. The Labute approximate surface area is 165 Å². The molecule has 6 nitrogen and oxygen atoms in total. The Kier molecular flexibility index (Phi) is 5.44. The quantitative estimate of drug-likeness (QED) is 0.777. The molecule has 6 heteroatoms. The number of carbonyl (C=O) groups is 2. The van der Waals surface area contributed by atoms with Crippen LogP contribution >= 0.6 is 0 Å². The highest BCUT2D eigenvalue weighted by Crippen LogP contribution is 2.27. The Bertz CT molecular complexity index is 950. The summed E-state index contributed by atoms with van der Waals surface area (Å²) in [6.45, 7) is 9.11. The van der Waals surface area contributed by atoms with Crippen LogP contribution in [0.1, 0.15) is 45.4 Å². The second-order valence-electron chi connectivity index (χ2n) is 8.55. The molecule has 3 rings (SSSR count). The zero-order valence-electron chi connectivity index (χ0n) is 17.2. The number of benzene rings is 1. The van der Waals surface area contributed by atoms with Crippen LogP contribution in [0.4, 0.5) is 0 Å². The molecule has 2 atom stereocenters. The molecule has 1 aromatic carbocycles. The minimum Gasteiger partial charge on any atom is -0.481 e. The first-order valence-electron chi connectivity index (χ1n) is 9.77. The zero-order valence-corrected chi connectivity index (χ0v) is 17.2. The largest absolute Gasteiger partial charge is 0.481 e. The predicted molar refractivity (Wildman–Crippen MR) is 111 cm³/mol. The van der Waals surface area contributed by atoms with Crippen molar-refractivity contribution in [1.29, 1.82) is 0 Å². The third-order valence-corrected chi connectivity index (χ3v) is 5.40. The van der Waals surface area contributed by atoms with Crippen molar-refractivity contribution in [3.05, 3.63) is 35.5 Å². The third-order valence-electron chi connectivity index (χ3n) is 5.40. The van der Waals surface area contributed by atoms with E-state index < -0.39 is 17.8 Å². The molecule has 0 aliphatic carbocycles. The fourth-order valence-corrected chi connectivity index (χ4v) is 3.75. The first kappa shape index (κ1) is 20.3. The van der Waals surface area contributed by atoms with Crippen LogP contribution in [-0.2, 0) is 23.2 Å². The normalized spacial score (nSPS) is 20.5. The highest BCUT2D eigenvalue weighted by Gasteiger charge is 2.38. The highest BCUT2D eigenvalue weighted by molar-refractivity contribution is 6.19. The first-order chi connectivity index (χ1) is 13.1. The van der Waals surface area contributed by atoms with Crippen LogP contribution in [0, 0.1) is 11.8 Å². The molecule has 0 saturated carbocycles. The molecule has 0 radical (unpaired) electrons. The van der Waals surface area contributed by atoms with Gasteiger partial charge in [-0.3, -0.25) is 14.6 Å². The van der Waals surface area contributed by atoms with Crippen LogP contribution in [0.5, 0.6) is 0 Å². The van der Waals surface area contributed by atoms with Crippen molar-refractivity contribution in [2.24, 2.45) is 23.9 Å². The van der Waals surface area contributed by atoms with Crippen LogP contribution in [0.2, 0.25) is 0 Å². The van der Waals surface area contributed by atoms with Crippen molar-refractivity contribution >= 4 is 28.4 Å². The summed E-state index contributed by atoms with van der Waals surface area (Å²) >= 11 is 0. The van der Waals surface area contributed by atoms with Gasteiger partial charge in [-0.2, -0.15) is 0 Å². The van der Waals surface area contributed by atoms with E-state index in [4.69, 9.17) is 0 Å². The SMILES string of the molecule is CCC1C(=O)C(C(=O)O)CN=C1c1ccc2c(c1)cc(CNC(C)(C)C)n2C. The number of aliphatic carboxylic acids is 1. The molecule has 2 N–H and O–H groups in total. The van der Waals surface area contributed by atoms with E-state index in [1.807, 2.05) is 19.1 Å². The minimum atomic E-state index is -1.08. The van der Waals surface area contributed by atoms with Gasteiger partial charge in [0.05, 0.1) is 18.2 Å². The Morgan fingerprint density at radius 2 is 2.04 bits per heavy atom.